The number of likely N-dealkylation sites (tertiary alicyclic amines) is 1. The Hall–Kier alpha value is -3.06. The number of hydrogen-bond acceptors (Lipinski definition) is 5. The zero-order valence-corrected chi connectivity index (χ0v) is 17.9. The van der Waals surface area contributed by atoms with Crippen molar-refractivity contribution in [2.24, 2.45) is 18.4 Å². The third kappa shape index (κ3) is 3.93. The van der Waals surface area contributed by atoms with E-state index in [0.29, 0.717) is 50.6 Å². The third-order valence-corrected chi connectivity index (χ3v) is 6.57. The van der Waals surface area contributed by atoms with Gasteiger partial charge in [-0.05, 0) is 24.6 Å². The largest absolute Gasteiger partial charge is 0.417 e. The molecular weight excluding hydrogens is 423 g/mol. The molecule has 3 heterocycles. The molecule has 0 radical (unpaired) electrons. The summed E-state index contributed by atoms with van der Waals surface area (Å²) < 4.78 is 47.6. The molecule has 2 aliphatic rings. The Labute approximate surface area is 184 Å². The number of carbonyl (C=O) groups is 1. The number of amides is 1. The Bertz CT molecular complexity index is 1060. The summed E-state index contributed by atoms with van der Waals surface area (Å²) in [5.74, 6) is -0.110. The molecule has 2 aromatic rings. The van der Waals surface area contributed by atoms with Gasteiger partial charge in [0, 0.05) is 63.6 Å². The maximum Gasteiger partial charge on any atom is 0.417 e. The maximum absolute atomic E-state index is 13.5. The monoisotopic (exact) mass is 447 g/mol. The fraction of sp³-hybridized carbons (Fsp3) is 0.500. The van der Waals surface area contributed by atoms with Crippen molar-refractivity contribution in [1.29, 1.82) is 5.26 Å². The molecule has 0 bridgehead atoms. The average Bonchev–Trinajstić information content (AvgIpc) is 3.35. The van der Waals surface area contributed by atoms with E-state index < -0.39 is 17.3 Å². The summed E-state index contributed by atoms with van der Waals surface area (Å²) in [6.07, 6.45) is -0.671. The van der Waals surface area contributed by atoms with Crippen LogP contribution in [-0.2, 0) is 18.0 Å². The van der Waals surface area contributed by atoms with Crippen LogP contribution in [0.5, 0.6) is 0 Å². The molecule has 0 N–H and O–H groups in total. The van der Waals surface area contributed by atoms with Gasteiger partial charge in [-0.25, -0.2) is 4.98 Å². The van der Waals surface area contributed by atoms with E-state index >= 15 is 0 Å². The van der Waals surface area contributed by atoms with E-state index in [9.17, 15) is 18.0 Å². The minimum absolute atomic E-state index is 0.0360. The van der Waals surface area contributed by atoms with Gasteiger partial charge in [0.1, 0.15) is 5.69 Å². The molecule has 2 saturated heterocycles. The van der Waals surface area contributed by atoms with E-state index in [2.05, 4.69) is 4.98 Å². The maximum atomic E-state index is 13.5. The molecule has 0 aliphatic carbocycles. The smallest absolute Gasteiger partial charge is 0.384 e. The number of fused-ring (bicyclic) bond motifs is 1. The molecule has 2 aliphatic heterocycles. The molecule has 0 spiro atoms. The number of aromatic nitrogens is 2. The normalized spacial score (nSPS) is 23.2. The minimum atomic E-state index is -4.61. The predicted octanol–water partition coefficient (Wildman–Crippen LogP) is 2.93. The van der Waals surface area contributed by atoms with Gasteiger partial charge in [0.05, 0.1) is 30.1 Å². The SMILES string of the molecule is COC[C@@]12CCN(C(=O)c3cn(C)cn3)C[C@@H]1CN(c1ccc(C#N)c(C(F)(F)F)c1)C2. The van der Waals surface area contributed by atoms with Crippen molar-refractivity contribution in [3.05, 3.63) is 47.5 Å². The van der Waals surface area contributed by atoms with Crippen LogP contribution in [0.15, 0.2) is 30.7 Å². The van der Waals surface area contributed by atoms with Crippen molar-refractivity contribution in [2.75, 3.05) is 44.8 Å². The quantitative estimate of drug-likeness (QED) is 0.721. The highest BCUT2D eigenvalue weighted by Gasteiger charge is 2.50. The van der Waals surface area contributed by atoms with Gasteiger partial charge in [0.25, 0.3) is 5.91 Å². The van der Waals surface area contributed by atoms with Crippen LogP contribution in [0.3, 0.4) is 0 Å². The van der Waals surface area contributed by atoms with Crippen LogP contribution in [0.1, 0.15) is 28.0 Å². The van der Waals surface area contributed by atoms with Gasteiger partial charge in [-0.2, -0.15) is 18.4 Å². The number of rotatable bonds is 4. The lowest BCUT2D eigenvalue weighted by Crippen LogP contribution is -2.50. The summed E-state index contributed by atoms with van der Waals surface area (Å²) in [6, 6.07) is 5.45. The summed E-state index contributed by atoms with van der Waals surface area (Å²) in [4.78, 5) is 20.7. The molecule has 4 rings (SSSR count). The summed E-state index contributed by atoms with van der Waals surface area (Å²) in [5, 5.41) is 9.07. The van der Waals surface area contributed by atoms with E-state index in [1.54, 1.807) is 48.3 Å². The first-order valence-corrected chi connectivity index (χ1v) is 10.3. The van der Waals surface area contributed by atoms with Gasteiger partial charge >= 0.3 is 6.18 Å². The van der Waals surface area contributed by atoms with E-state index in [4.69, 9.17) is 10.00 Å². The van der Waals surface area contributed by atoms with Crippen LogP contribution in [0.4, 0.5) is 18.9 Å². The Morgan fingerprint density at radius 1 is 1.38 bits per heavy atom. The third-order valence-electron chi connectivity index (χ3n) is 6.57. The van der Waals surface area contributed by atoms with Gasteiger partial charge in [-0.15, -0.1) is 0 Å². The van der Waals surface area contributed by atoms with Crippen LogP contribution in [0.25, 0.3) is 0 Å². The number of hydrogen-bond donors (Lipinski definition) is 0. The van der Waals surface area contributed by atoms with Crippen LogP contribution in [0, 0.1) is 22.7 Å². The highest BCUT2D eigenvalue weighted by molar-refractivity contribution is 5.92. The first-order chi connectivity index (χ1) is 15.2. The molecule has 2 atom stereocenters. The van der Waals surface area contributed by atoms with E-state index in [1.165, 1.54) is 6.07 Å². The Balaban J connectivity index is 1.59. The fourth-order valence-electron chi connectivity index (χ4n) is 4.93. The van der Waals surface area contributed by atoms with Crippen LogP contribution >= 0.6 is 0 Å². The average molecular weight is 447 g/mol. The number of aryl methyl sites for hydroxylation is 1. The Morgan fingerprint density at radius 3 is 2.78 bits per heavy atom. The number of alkyl halides is 3. The van der Waals surface area contributed by atoms with Crippen LogP contribution < -0.4 is 4.90 Å². The number of nitriles is 1. The molecule has 0 unspecified atom stereocenters. The molecule has 2 fully saturated rings. The lowest BCUT2D eigenvalue weighted by atomic mass is 9.73. The number of halogens is 3. The van der Waals surface area contributed by atoms with Gasteiger partial charge < -0.3 is 19.1 Å². The number of imidazole rings is 1. The number of piperidine rings is 1. The van der Waals surface area contributed by atoms with Gasteiger partial charge in [-0.1, -0.05) is 0 Å². The molecule has 32 heavy (non-hydrogen) atoms. The summed E-state index contributed by atoms with van der Waals surface area (Å²) >= 11 is 0. The zero-order chi connectivity index (χ0) is 23.1. The van der Waals surface area contributed by atoms with Crippen molar-refractivity contribution < 1.29 is 22.7 Å². The number of ether oxygens (including phenoxy) is 1. The van der Waals surface area contributed by atoms with Crippen molar-refractivity contribution in [1.82, 2.24) is 14.5 Å². The number of nitrogens with zero attached hydrogens (tertiary/aromatic N) is 5. The van der Waals surface area contributed by atoms with Gasteiger partial charge in [-0.3, -0.25) is 4.79 Å². The Morgan fingerprint density at radius 2 is 2.16 bits per heavy atom. The Kier molecular flexibility index (Phi) is 5.63. The highest BCUT2D eigenvalue weighted by Crippen LogP contribution is 2.45. The number of carbonyl (C=O) groups excluding carboxylic acids is 1. The second-order valence-corrected chi connectivity index (χ2v) is 8.64. The zero-order valence-electron chi connectivity index (χ0n) is 17.9. The first kappa shape index (κ1) is 22.1. The van der Waals surface area contributed by atoms with E-state index in [1.807, 2.05) is 4.90 Å². The summed E-state index contributed by atoms with van der Waals surface area (Å²) in [6.45, 7) is 2.50. The van der Waals surface area contributed by atoms with Crippen molar-refractivity contribution in [2.45, 2.75) is 12.6 Å². The molecular formula is C22H24F3N5O2. The molecule has 10 heteroatoms. The second kappa shape index (κ2) is 8.13. The number of anilines is 1. The number of benzene rings is 1. The lowest BCUT2D eigenvalue weighted by molar-refractivity contribution is -0.137. The standard InChI is InChI=1S/C22H24F3N5O2/c1-28-11-19(27-14-28)20(31)29-6-5-21(13-32-2)12-30(10-16(21)9-29)17-4-3-15(8-26)18(7-17)22(23,24)25/h3-4,7,11,14,16H,5-6,9-10,12-13H2,1-2H3/t16-,21+/m1/s1. The molecule has 0 saturated carbocycles. The molecule has 1 amide bonds. The fourth-order valence-corrected chi connectivity index (χ4v) is 4.93. The second-order valence-electron chi connectivity index (χ2n) is 8.64. The molecule has 7 nitrogen and oxygen atoms in total. The van der Waals surface area contributed by atoms with E-state index in [0.717, 1.165) is 6.07 Å². The lowest BCUT2D eigenvalue weighted by Gasteiger charge is -2.42. The van der Waals surface area contributed by atoms with Crippen LogP contribution in [0.2, 0.25) is 0 Å². The van der Waals surface area contributed by atoms with Crippen LogP contribution in [-0.4, -0.2) is 60.3 Å². The summed E-state index contributed by atoms with van der Waals surface area (Å²) in [7, 11) is 3.41. The minimum Gasteiger partial charge on any atom is -0.384 e. The highest BCUT2D eigenvalue weighted by atomic mass is 19.4. The topological polar surface area (TPSA) is 74.4 Å². The van der Waals surface area contributed by atoms with Crippen molar-refractivity contribution in [3.8, 4) is 6.07 Å². The predicted molar refractivity (Wildman–Crippen MR) is 110 cm³/mol. The summed E-state index contributed by atoms with van der Waals surface area (Å²) in [5.41, 5.74) is -0.786. The molecule has 1 aromatic heterocycles. The molecule has 170 valence electrons. The van der Waals surface area contributed by atoms with Crippen molar-refractivity contribution in [3.63, 3.8) is 0 Å². The van der Waals surface area contributed by atoms with Crippen molar-refractivity contribution >= 4 is 11.6 Å². The first-order valence-electron chi connectivity index (χ1n) is 10.3. The van der Waals surface area contributed by atoms with Gasteiger partial charge in [0.2, 0.25) is 0 Å². The van der Waals surface area contributed by atoms with Gasteiger partial charge in [0.15, 0.2) is 0 Å². The molecule has 1 aromatic carbocycles. The number of methoxy groups -OCH3 is 1. The van der Waals surface area contributed by atoms with E-state index in [-0.39, 0.29) is 17.2 Å².